The lowest BCUT2D eigenvalue weighted by atomic mass is 9.83. The SMILES string of the molecule is CC(=O)OC(=O)C1=C(SCCN(C)C)C[C@@H]2[C@@H]([C@@H](C)O)C(=O)N12. The van der Waals surface area contributed by atoms with E-state index in [2.05, 4.69) is 4.74 Å². The zero-order valence-electron chi connectivity index (χ0n) is 13.7. The predicted molar refractivity (Wildman–Crippen MR) is 85.2 cm³/mol. The molecule has 0 aliphatic carbocycles. The largest absolute Gasteiger partial charge is 0.393 e. The van der Waals surface area contributed by atoms with E-state index in [0.29, 0.717) is 6.42 Å². The maximum Gasteiger partial charge on any atom is 0.363 e. The molecule has 0 saturated carbocycles. The van der Waals surface area contributed by atoms with Gasteiger partial charge >= 0.3 is 11.9 Å². The van der Waals surface area contributed by atoms with Gasteiger partial charge in [0.15, 0.2) is 0 Å². The number of carbonyl (C=O) groups excluding carboxylic acids is 3. The quantitative estimate of drug-likeness (QED) is 0.419. The van der Waals surface area contributed by atoms with Crippen molar-refractivity contribution >= 4 is 29.6 Å². The average Bonchev–Trinajstić information content (AvgIpc) is 2.71. The van der Waals surface area contributed by atoms with Gasteiger partial charge < -0.3 is 19.6 Å². The molecular formula is C15H22N2O5S. The van der Waals surface area contributed by atoms with Crippen molar-refractivity contribution in [3.05, 3.63) is 10.6 Å². The van der Waals surface area contributed by atoms with Crippen molar-refractivity contribution < 1.29 is 24.2 Å². The summed E-state index contributed by atoms with van der Waals surface area (Å²) in [7, 11) is 3.91. The van der Waals surface area contributed by atoms with Crippen molar-refractivity contribution in [2.24, 2.45) is 5.92 Å². The Hall–Kier alpha value is -1.38. The number of rotatable bonds is 6. The molecule has 1 amide bonds. The summed E-state index contributed by atoms with van der Waals surface area (Å²) >= 11 is 1.49. The van der Waals surface area contributed by atoms with Crippen LogP contribution in [0.25, 0.3) is 0 Å². The first-order valence-electron chi connectivity index (χ1n) is 7.48. The number of nitrogens with zero attached hydrogens (tertiary/aromatic N) is 2. The molecule has 1 N–H and O–H groups in total. The van der Waals surface area contributed by atoms with Gasteiger partial charge in [-0.2, -0.15) is 0 Å². The number of aliphatic hydroxyl groups excluding tert-OH is 1. The molecule has 0 bridgehead atoms. The maximum absolute atomic E-state index is 12.2. The van der Waals surface area contributed by atoms with Crippen LogP contribution in [0.1, 0.15) is 20.3 Å². The zero-order chi connectivity index (χ0) is 17.3. The van der Waals surface area contributed by atoms with Crippen LogP contribution < -0.4 is 0 Å². The first-order chi connectivity index (χ1) is 10.7. The average molecular weight is 342 g/mol. The van der Waals surface area contributed by atoms with E-state index in [1.165, 1.54) is 16.7 Å². The van der Waals surface area contributed by atoms with E-state index in [4.69, 9.17) is 0 Å². The lowest BCUT2D eigenvalue weighted by Gasteiger charge is -2.44. The van der Waals surface area contributed by atoms with Crippen molar-refractivity contribution in [1.82, 2.24) is 9.80 Å². The van der Waals surface area contributed by atoms with E-state index in [0.717, 1.165) is 24.1 Å². The van der Waals surface area contributed by atoms with Crippen LogP contribution in [0.2, 0.25) is 0 Å². The standard InChI is InChI=1S/C15H22N2O5S/c1-8(18)12-10-7-11(23-6-5-16(3)4)13(17(10)14(12)20)15(21)22-9(2)19/h8,10,12,18H,5-7H2,1-4H3/t8-,10-,12-/m1/s1. The summed E-state index contributed by atoms with van der Waals surface area (Å²) in [6.45, 7) is 3.55. The third-order valence-electron chi connectivity index (χ3n) is 3.93. The van der Waals surface area contributed by atoms with E-state index >= 15 is 0 Å². The molecule has 8 heteroatoms. The van der Waals surface area contributed by atoms with E-state index in [9.17, 15) is 19.5 Å². The highest BCUT2D eigenvalue weighted by atomic mass is 32.2. The molecule has 2 heterocycles. The summed E-state index contributed by atoms with van der Waals surface area (Å²) in [4.78, 5) is 39.6. The van der Waals surface area contributed by atoms with Gasteiger partial charge in [-0.15, -0.1) is 11.8 Å². The number of fused-ring (bicyclic) bond motifs is 1. The van der Waals surface area contributed by atoms with Crippen molar-refractivity contribution in [2.45, 2.75) is 32.4 Å². The number of ether oxygens (including phenoxy) is 1. The summed E-state index contributed by atoms with van der Waals surface area (Å²) < 4.78 is 4.67. The van der Waals surface area contributed by atoms with Gasteiger partial charge in [0.05, 0.1) is 18.1 Å². The van der Waals surface area contributed by atoms with E-state index in [-0.39, 0.29) is 17.6 Å². The second-order valence-corrected chi connectivity index (χ2v) is 7.24. The van der Waals surface area contributed by atoms with Gasteiger partial charge in [-0.1, -0.05) is 0 Å². The number of amides is 1. The van der Waals surface area contributed by atoms with Crippen molar-refractivity contribution in [3.63, 3.8) is 0 Å². The van der Waals surface area contributed by atoms with Gasteiger partial charge in [0.2, 0.25) is 5.91 Å². The van der Waals surface area contributed by atoms with Crippen molar-refractivity contribution in [3.8, 4) is 0 Å². The Kier molecular flexibility index (Phi) is 5.49. The lowest BCUT2D eigenvalue weighted by molar-refractivity contribution is -0.165. The van der Waals surface area contributed by atoms with Crippen LogP contribution in [-0.2, 0) is 19.1 Å². The number of β-lactam (4-membered cyclic amide) rings is 1. The van der Waals surface area contributed by atoms with E-state index < -0.39 is 24.0 Å². The Balaban J connectivity index is 2.19. The van der Waals surface area contributed by atoms with Crippen molar-refractivity contribution in [1.29, 1.82) is 0 Å². The molecule has 3 atom stereocenters. The normalized spacial score (nSPS) is 24.6. The van der Waals surface area contributed by atoms with E-state index in [1.54, 1.807) is 6.92 Å². The smallest absolute Gasteiger partial charge is 0.363 e. The second-order valence-electron chi connectivity index (χ2n) is 6.05. The Morgan fingerprint density at radius 1 is 1.48 bits per heavy atom. The van der Waals surface area contributed by atoms with Crippen LogP contribution >= 0.6 is 11.8 Å². The molecule has 2 aliphatic heterocycles. The van der Waals surface area contributed by atoms with Gasteiger partial charge in [0.25, 0.3) is 0 Å². The summed E-state index contributed by atoms with van der Waals surface area (Å²) in [5.74, 6) is -1.52. The molecule has 1 saturated heterocycles. The van der Waals surface area contributed by atoms with Crippen molar-refractivity contribution in [2.75, 3.05) is 26.4 Å². The van der Waals surface area contributed by atoms with Crippen LogP contribution in [-0.4, -0.2) is 71.3 Å². The Bertz CT molecular complexity index is 558. The third-order valence-corrected chi connectivity index (χ3v) is 5.03. The monoisotopic (exact) mass is 342 g/mol. The van der Waals surface area contributed by atoms with Gasteiger partial charge in [-0.25, -0.2) is 4.79 Å². The number of carbonyl (C=O) groups is 3. The fourth-order valence-corrected chi connectivity index (χ4v) is 4.19. The first-order valence-corrected chi connectivity index (χ1v) is 8.47. The van der Waals surface area contributed by atoms with Crippen LogP contribution in [0.15, 0.2) is 10.6 Å². The number of thioether (sulfide) groups is 1. The minimum atomic E-state index is -0.787. The molecule has 0 spiro atoms. The molecule has 0 radical (unpaired) electrons. The Morgan fingerprint density at radius 2 is 2.13 bits per heavy atom. The maximum atomic E-state index is 12.2. The highest BCUT2D eigenvalue weighted by Crippen LogP contribution is 2.47. The summed E-state index contributed by atoms with van der Waals surface area (Å²) in [6, 6.07) is -0.223. The number of hydrogen-bond donors (Lipinski definition) is 1. The zero-order valence-corrected chi connectivity index (χ0v) is 14.6. The summed E-state index contributed by atoms with van der Waals surface area (Å²) in [5.41, 5.74) is 0.163. The fraction of sp³-hybridized carbons (Fsp3) is 0.667. The minimum absolute atomic E-state index is 0.163. The van der Waals surface area contributed by atoms with Gasteiger partial charge in [-0.3, -0.25) is 9.59 Å². The van der Waals surface area contributed by atoms with Gasteiger partial charge in [0.1, 0.15) is 5.70 Å². The highest BCUT2D eigenvalue weighted by Gasteiger charge is 2.57. The topological polar surface area (TPSA) is 87.1 Å². The van der Waals surface area contributed by atoms with Crippen LogP contribution in [0.4, 0.5) is 0 Å². The predicted octanol–water partition coefficient (Wildman–Crippen LogP) is 0.194. The van der Waals surface area contributed by atoms with Crippen LogP contribution in [0.5, 0.6) is 0 Å². The molecule has 0 aromatic rings. The third kappa shape index (κ3) is 3.59. The Labute approximate surface area is 139 Å². The molecule has 2 rings (SSSR count). The molecular weight excluding hydrogens is 320 g/mol. The molecule has 1 fully saturated rings. The van der Waals surface area contributed by atoms with Crippen LogP contribution in [0.3, 0.4) is 0 Å². The van der Waals surface area contributed by atoms with Crippen LogP contribution in [0, 0.1) is 5.92 Å². The fourth-order valence-electron chi connectivity index (χ4n) is 2.88. The number of esters is 2. The van der Waals surface area contributed by atoms with E-state index in [1.807, 2.05) is 19.0 Å². The molecule has 7 nitrogen and oxygen atoms in total. The number of aliphatic hydroxyl groups is 1. The minimum Gasteiger partial charge on any atom is -0.393 e. The second kappa shape index (κ2) is 7.02. The molecule has 128 valence electrons. The highest BCUT2D eigenvalue weighted by molar-refractivity contribution is 8.03. The molecule has 23 heavy (non-hydrogen) atoms. The summed E-state index contributed by atoms with van der Waals surface area (Å²) in [6.07, 6.45) is -0.248. The summed E-state index contributed by atoms with van der Waals surface area (Å²) in [5, 5.41) is 9.75. The first kappa shape index (κ1) is 18.0. The molecule has 2 aliphatic rings. The molecule has 0 unspecified atom stereocenters. The number of hydrogen-bond acceptors (Lipinski definition) is 7. The Morgan fingerprint density at radius 3 is 2.65 bits per heavy atom. The molecule has 0 aromatic heterocycles. The van der Waals surface area contributed by atoms with Gasteiger partial charge in [-0.05, 0) is 21.0 Å². The van der Waals surface area contributed by atoms with Gasteiger partial charge in [0, 0.05) is 30.5 Å². The molecule has 0 aromatic carbocycles. The lowest BCUT2D eigenvalue weighted by Crippen LogP contribution is -2.61.